The van der Waals surface area contributed by atoms with Crippen LogP contribution in [0.3, 0.4) is 0 Å². The van der Waals surface area contributed by atoms with E-state index in [1.165, 1.54) is 4.68 Å². The summed E-state index contributed by atoms with van der Waals surface area (Å²) in [6, 6.07) is 0. The monoisotopic (exact) mass is 178 g/mol. The van der Waals surface area contributed by atoms with Crippen LogP contribution in [0.5, 0.6) is 0 Å². The average Bonchev–Trinajstić information content (AvgIpc) is 2.52. The van der Waals surface area contributed by atoms with Gasteiger partial charge in [-0.15, -0.1) is 0 Å². The Morgan fingerprint density at radius 3 is 2.85 bits per heavy atom. The highest BCUT2D eigenvalue weighted by Gasteiger charge is 2.04. The van der Waals surface area contributed by atoms with Crippen LogP contribution in [0.1, 0.15) is 32.3 Å². The summed E-state index contributed by atoms with van der Waals surface area (Å²) in [4.78, 5) is 3.83. The van der Waals surface area contributed by atoms with Gasteiger partial charge in [0, 0.05) is 12.4 Å². The van der Waals surface area contributed by atoms with Crippen molar-refractivity contribution in [2.75, 3.05) is 0 Å². The molecule has 0 radical (unpaired) electrons. The second-order valence-corrected chi connectivity index (χ2v) is 3.08. The smallest absolute Gasteiger partial charge is 0.242 e. The maximum absolute atomic E-state index is 7.49. The van der Waals surface area contributed by atoms with Crippen LogP contribution in [0.15, 0.2) is 17.4 Å². The third-order valence-corrected chi connectivity index (χ3v) is 1.74. The molecule has 0 aliphatic rings. The van der Waals surface area contributed by atoms with Gasteiger partial charge in [-0.1, -0.05) is 13.8 Å². The van der Waals surface area contributed by atoms with Crippen molar-refractivity contribution in [3.63, 3.8) is 0 Å². The lowest BCUT2D eigenvalue weighted by molar-refractivity contribution is 0.864. The number of hydrogen-bond donors (Lipinski definition) is 1. The van der Waals surface area contributed by atoms with Gasteiger partial charge in [0.2, 0.25) is 5.96 Å². The van der Waals surface area contributed by atoms with Crippen LogP contribution in [0.4, 0.5) is 0 Å². The van der Waals surface area contributed by atoms with Gasteiger partial charge in [0.05, 0.1) is 6.20 Å². The Bertz CT molecular complexity index is 322. The molecule has 1 aromatic rings. The molecule has 0 saturated carbocycles. The zero-order valence-electron chi connectivity index (χ0n) is 8.15. The van der Waals surface area contributed by atoms with Crippen LogP contribution in [0.25, 0.3) is 0 Å². The highest BCUT2D eigenvalue weighted by atomic mass is 15.3. The van der Waals surface area contributed by atoms with Gasteiger partial charge in [0.1, 0.15) is 0 Å². The van der Waals surface area contributed by atoms with Crippen molar-refractivity contribution >= 4 is 12.2 Å². The first-order valence-electron chi connectivity index (χ1n) is 4.27. The van der Waals surface area contributed by atoms with Crippen molar-refractivity contribution in [1.82, 2.24) is 9.78 Å². The van der Waals surface area contributed by atoms with Crippen LogP contribution >= 0.6 is 0 Å². The molecule has 0 aliphatic heterocycles. The predicted molar refractivity (Wildman–Crippen MR) is 53.6 cm³/mol. The molecule has 0 fully saturated rings. The first-order chi connectivity index (χ1) is 6.15. The van der Waals surface area contributed by atoms with E-state index in [0.717, 1.165) is 5.56 Å². The van der Waals surface area contributed by atoms with E-state index < -0.39 is 0 Å². The SMILES string of the molecule is C/C=N\C(=N)n1cc(C(C)C)cn1. The quantitative estimate of drug-likeness (QED) is 0.518. The van der Waals surface area contributed by atoms with Crippen molar-refractivity contribution in [3.05, 3.63) is 18.0 Å². The Morgan fingerprint density at radius 2 is 2.38 bits per heavy atom. The van der Waals surface area contributed by atoms with Gasteiger partial charge >= 0.3 is 0 Å². The predicted octanol–water partition coefficient (Wildman–Crippen LogP) is 1.88. The first kappa shape index (κ1) is 9.64. The van der Waals surface area contributed by atoms with Gasteiger partial charge in [-0.25, -0.2) is 9.67 Å². The number of nitrogens with zero attached hydrogens (tertiary/aromatic N) is 3. The number of aromatic nitrogens is 2. The van der Waals surface area contributed by atoms with Crippen molar-refractivity contribution in [2.24, 2.45) is 4.99 Å². The van der Waals surface area contributed by atoms with E-state index in [0.29, 0.717) is 5.92 Å². The van der Waals surface area contributed by atoms with Crippen LogP contribution in [-0.2, 0) is 0 Å². The Balaban J connectivity index is 2.85. The topological polar surface area (TPSA) is 54.0 Å². The number of nitrogens with one attached hydrogen (secondary N) is 1. The Morgan fingerprint density at radius 1 is 1.69 bits per heavy atom. The fourth-order valence-electron chi connectivity index (χ4n) is 0.932. The summed E-state index contributed by atoms with van der Waals surface area (Å²) in [5.41, 5.74) is 1.12. The molecule has 13 heavy (non-hydrogen) atoms. The first-order valence-corrected chi connectivity index (χ1v) is 4.27. The summed E-state index contributed by atoms with van der Waals surface area (Å²) in [5, 5.41) is 11.5. The van der Waals surface area contributed by atoms with Crippen molar-refractivity contribution in [1.29, 1.82) is 5.41 Å². The Labute approximate surface area is 77.8 Å². The van der Waals surface area contributed by atoms with Crippen LogP contribution in [0.2, 0.25) is 0 Å². The molecule has 0 unspecified atom stereocenters. The minimum Gasteiger partial charge on any atom is -0.265 e. The lowest BCUT2D eigenvalue weighted by Gasteiger charge is -1.97. The van der Waals surface area contributed by atoms with Crippen LogP contribution in [-0.4, -0.2) is 22.0 Å². The largest absolute Gasteiger partial charge is 0.265 e. The maximum Gasteiger partial charge on any atom is 0.242 e. The van der Waals surface area contributed by atoms with E-state index in [1.54, 1.807) is 19.3 Å². The van der Waals surface area contributed by atoms with Gasteiger partial charge in [0.25, 0.3) is 0 Å². The molecule has 1 rings (SSSR count). The van der Waals surface area contributed by atoms with Gasteiger partial charge in [-0.2, -0.15) is 5.10 Å². The molecule has 0 spiro atoms. The van der Waals surface area contributed by atoms with E-state index in [-0.39, 0.29) is 5.96 Å². The van der Waals surface area contributed by atoms with E-state index >= 15 is 0 Å². The molecule has 1 N–H and O–H groups in total. The number of rotatable bonds is 1. The molecule has 0 aromatic carbocycles. The second-order valence-electron chi connectivity index (χ2n) is 3.08. The summed E-state index contributed by atoms with van der Waals surface area (Å²) < 4.78 is 1.47. The van der Waals surface area contributed by atoms with Gasteiger partial charge in [-0.3, -0.25) is 5.41 Å². The number of hydrogen-bond acceptors (Lipinski definition) is 2. The lowest BCUT2D eigenvalue weighted by atomic mass is 10.1. The van der Waals surface area contributed by atoms with E-state index in [4.69, 9.17) is 5.41 Å². The fraction of sp³-hybridized carbons (Fsp3) is 0.444. The lowest BCUT2D eigenvalue weighted by Crippen LogP contribution is -2.07. The molecule has 1 aromatic heterocycles. The third kappa shape index (κ3) is 2.24. The van der Waals surface area contributed by atoms with Gasteiger partial charge in [0.15, 0.2) is 0 Å². The molecule has 0 saturated heterocycles. The summed E-state index contributed by atoms with van der Waals surface area (Å²) in [6.45, 7) is 5.96. The highest BCUT2D eigenvalue weighted by molar-refractivity contribution is 5.85. The molecule has 4 heteroatoms. The molecular formula is C9H14N4. The molecule has 4 nitrogen and oxygen atoms in total. The molecule has 0 amide bonds. The summed E-state index contributed by atoms with van der Waals surface area (Å²) in [7, 11) is 0. The molecule has 1 heterocycles. The summed E-state index contributed by atoms with van der Waals surface area (Å²) in [6.07, 6.45) is 5.18. The van der Waals surface area contributed by atoms with Crippen LogP contribution in [0, 0.1) is 5.41 Å². The third-order valence-electron chi connectivity index (χ3n) is 1.74. The van der Waals surface area contributed by atoms with E-state index in [2.05, 4.69) is 23.9 Å². The maximum atomic E-state index is 7.49. The Hall–Kier alpha value is -1.45. The van der Waals surface area contributed by atoms with Crippen LogP contribution < -0.4 is 0 Å². The highest BCUT2D eigenvalue weighted by Crippen LogP contribution is 2.11. The van der Waals surface area contributed by atoms with E-state index in [1.807, 2.05) is 6.20 Å². The minimum atomic E-state index is 0.148. The molecule has 70 valence electrons. The van der Waals surface area contributed by atoms with Crippen molar-refractivity contribution in [2.45, 2.75) is 26.7 Å². The zero-order valence-corrected chi connectivity index (χ0v) is 8.15. The van der Waals surface area contributed by atoms with Crippen molar-refractivity contribution in [3.8, 4) is 0 Å². The Kier molecular flexibility index (Phi) is 2.95. The molecule has 0 bridgehead atoms. The van der Waals surface area contributed by atoms with Crippen molar-refractivity contribution < 1.29 is 0 Å². The van der Waals surface area contributed by atoms with Gasteiger partial charge in [-0.05, 0) is 18.4 Å². The normalized spacial score (nSPS) is 11.4. The standard InChI is InChI=1S/C9H14N4/c1-4-11-9(10)13-6-8(5-12-13)7(2)3/h4-7,10H,1-3H3/b10-9?,11-4-. The minimum absolute atomic E-state index is 0.148. The molecular weight excluding hydrogens is 164 g/mol. The second kappa shape index (κ2) is 3.98. The molecule has 0 aliphatic carbocycles. The summed E-state index contributed by atoms with van der Waals surface area (Å²) >= 11 is 0. The van der Waals surface area contributed by atoms with E-state index in [9.17, 15) is 0 Å². The van der Waals surface area contributed by atoms with Gasteiger partial charge < -0.3 is 0 Å². The average molecular weight is 178 g/mol. The zero-order chi connectivity index (χ0) is 9.84. The number of aliphatic imine (C=N–C) groups is 1. The molecule has 0 atom stereocenters. The summed E-state index contributed by atoms with van der Waals surface area (Å²) in [5.74, 6) is 0.585. The fourth-order valence-corrected chi connectivity index (χ4v) is 0.932.